The number of aromatic nitrogens is 3. The van der Waals surface area contributed by atoms with Gasteiger partial charge in [-0.25, -0.2) is 9.97 Å². The smallest absolute Gasteiger partial charge is 0.257 e. The van der Waals surface area contributed by atoms with Crippen LogP contribution in [0.3, 0.4) is 0 Å². The zero-order valence-corrected chi connectivity index (χ0v) is 17.8. The Bertz CT molecular complexity index is 937. The molecule has 2 aromatic rings. The lowest BCUT2D eigenvalue weighted by Gasteiger charge is -2.32. The van der Waals surface area contributed by atoms with Gasteiger partial charge in [0.1, 0.15) is 5.82 Å². The molecule has 1 atom stereocenters. The molecule has 0 spiro atoms. The molecular weight excluding hydrogens is 380 g/mol. The maximum absolute atomic E-state index is 13.1. The fourth-order valence-electron chi connectivity index (χ4n) is 4.19. The van der Waals surface area contributed by atoms with Crippen molar-refractivity contribution >= 4 is 11.8 Å². The Labute approximate surface area is 176 Å². The predicted octanol–water partition coefficient (Wildman–Crippen LogP) is 1.85. The third-order valence-electron chi connectivity index (χ3n) is 6.01. The molecule has 158 valence electrons. The highest BCUT2D eigenvalue weighted by Gasteiger charge is 2.32. The highest BCUT2D eigenvalue weighted by molar-refractivity contribution is 5.95. The van der Waals surface area contributed by atoms with Crippen LogP contribution >= 0.6 is 0 Å². The summed E-state index contributed by atoms with van der Waals surface area (Å²) in [6.45, 7) is 7.58. The van der Waals surface area contributed by atoms with Crippen LogP contribution in [-0.4, -0.2) is 81.2 Å². The Morgan fingerprint density at radius 3 is 2.40 bits per heavy atom. The van der Waals surface area contributed by atoms with Crippen molar-refractivity contribution in [1.82, 2.24) is 29.7 Å². The van der Waals surface area contributed by atoms with Crippen LogP contribution < -0.4 is 0 Å². The molecule has 0 saturated carbocycles. The first-order valence-electron chi connectivity index (χ1n) is 10.5. The number of rotatable bonds is 3. The van der Waals surface area contributed by atoms with Gasteiger partial charge < -0.3 is 14.7 Å². The van der Waals surface area contributed by atoms with Crippen molar-refractivity contribution in [2.75, 3.05) is 39.8 Å². The number of pyridine rings is 1. The van der Waals surface area contributed by atoms with Gasteiger partial charge in [0.2, 0.25) is 0 Å². The maximum atomic E-state index is 13.1. The molecule has 4 rings (SSSR count). The number of likely N-dealkylation sites (tertiary alicyclic amines) is 1. The Morgan fingerprint density at radius 2 is 1.73 bits per heavy atom. The lowest BCUT2D eigenvalue weighted by atomic mass is 10.1. The molecule has 8 heteroatoms. The molecule has 2 fully saturated rings. The highest BCUT2D eigenvalue weighted by Crippen LogP contribution is 2.32. The van der Waals surface area contributed by atoms with E-state index in [1.807, 2.05) is 35.8 Å². The molecule has 0 radical (unpaired) electrons. The Kier molecular flexibility index (Phi) is 5.76. The number of nitrogens with zero attached hydrogens (tertiary/aromatic N) is 6. The summed E-state index contributed by atoms with van der Waals surface area (Å²) in [5.41, 5.74) is 2.65. The standard InChI is InChI=1S/C22H28N6O2/c1-15-18(14-23-16(2)25-15)22(30)28-8-4-5-20(28)19-7-6-17(13-24-19)21(29)27-11-9-26(3)10-12-27/h6-7,13-14,20H,4-5,8-12H2,1-3H3/t20-/m1/s1. The molecule has 2 aliphatic heterocycles. The van der Waals surface area contributed by atoms with E-state index < -0.39 is 0 Å². The van der Waals surface area contributed by atoms with Gasteiger partial charge in [0.05, 0.1) is 28.6 Å². The van der Waals surface area contributed by atoms with Crippen molar-refractivity contribution in [3.05, 3.63) is 52.9 Å². The minimum atomic E-state index is -0.0917. The van der Waals surface area contributed by atoms with Crippen molar-refractivity contribution in [1.29, 1.82) is 0 Å². The van der Waals surface area contributed by atoms with Crippen LogP contribution in [-0.2, 0) is 0 Å². The van der Waals surface area contributed by atoms with E-state index in [4.69, 9.17) is 0 Å². The van der Waals surface area contributed by atoms with Gasteiger partial charge in [-0.15, -0.1) is 0 Å². The summed E-state index contributed by atoms with van der Waals surface area (Å²) < 4.78 is 0. The quantitative estimate of drug-likeness (QED) is 0.771. The number of piperazine rings is 1. The van der Waals surface area contributed by atoms with E-state index in [1.165, 1.54) is 0 Å². The summed E-state index contributed by atoms with van der Waals surface area (Å²) in [4.78, 5) is 44.9. The van der Waals surface area contributed by atoms with E-state index in [0.29, 0.717) is 29.2 Å². The molecule has 30 heavy (non-hydrogen) atoms. The summed E-state index contributed by atoms with van der Waals surface area (Å²) in [6.07, 6.45) is 5.04. The average Bonchev–Trinajstić information content (AvgIpc) is 3.23. The van der Waals surface area contributed by atoms with Crippen molar-refractivity contribution in [3.8, 4) is 0 Å². The topological polar surface area (TPSA) is 82.5 Å². The number of hydrogen-bond acceptors (Lipinski definition) is 6. The van der Waals surface area contributed by atoms with Gasteiger partial charge in [0, 0.05) is 45.1 Å². The van der Waals surface area contributed by atoms with E-state index in [-0.39, 0.29) is 17.9 Å². The molecule has 0 N–H and O–H groups in total. The maximum Gasteiger partial charge on any atom is 0.257 e. The van der Waals surface area contributed by atoms with E-state index in [0.717, 1.165) is 44.7 Å². The normalized spacial score (nSPS) is 19.9. The van der Waals surface area contributed by atoms with Crippen molar-refractivity contribution in [2.24, 2.45) is 0 Å². The van der Waals surface area contributed by atoms with Crippen LogP contribution in [0.4, 0.5) is 0 Å². The number of likely N-dealkylation sites (N-methyl/N-ethyl adjacent to an activating group) is 1. The molecular formula is C22H28N6O2. The van der Waals surface area contributed by atoms with Crippen LogP contribution in [0.15, 0.2) is 24.5 Å². The molecule has 0 aliphatic carbocycles. The molecule has 2 aromatic heterocycles. The molecule has 4 heterocycles. The summed E-state index contributed by atoms with van der Waals surface area (Å²) in [5, 5.41) is 0. The summed E-state index contributed by atoms with van der Waals surface area (Å²) in [6, 6.07) is 3.63. The van der Waals surface area contributed by atoms with Crippen molar-refractivity contribution < 1.29 is 9.59 Å². The highest BCUT2D eigenvalue weighted by atomic mass is 16.2. The minimum absolute atomic E-state index is 0.0222. The van der Waals surface area contributed by atoms with Crippen molar-refractivity contribution in [2.45, 2.75) is 32.7 Å². The molecule has 2 aliphatic rings. The van der Waals surface area contributed by atoms with E-state index in [9.17, 15) is 9.59 Å². The fraction of sp³-hybridized carbons (Fsp3) is 0.500. The monoisotopic (exact) mass is 408 g/mol. The van der Waals surface area contributed by atoms with Crippen LogP contribution in [0.25, 0.3) is 0 Å². The lowest BCUT2D eigenvalue weighted by Crippen LogP contribution is -2.47. The number of aryl methyl sites for hydroxylation is 2. The zero-order chi connectivity index (χ0) is 21.3. The molecule has 8 nitrogen and oxygen atoms in total. The van der Waals surface area contributed by atoms with E-state index >= 15 is 0 Å². The zero-order valence-electron chi connectivity index (χ0n) is 17.8. The predicted molar refractivity (Wildman–Crippen MR) is 112 cm³/mol. The molecule has 0 aromatic carbocycles. The second-order valence-corrected chi connectivity index (χ2v) is 8.14. The van der Waals surface area contributed by atoms with Gasteiger partial charge in [-0.05, 0) is 45.9 Å². The largest absolute Gasteiger partial charge is 0.336 e. The molecule has 2 saturated heterocycles. The van der Waals surface area contributed by atoms with Crippen LogP contribution in [0.1, 0.15) is 56.8 Å². The SMILES string of the molecule is Cc1ncc(C(=O)N2CCC[C@@H]2c2ccc(C(=O)N3CCN(C)CC3)cn2)c(C)n1. The van der Waals surface area contributed by atoms with Gasteiger partial charge >= 0.3 is 0 Å². The first-order valence-corrected chi connectivity index (χ1v) is 10.5. The van der Waals surface area contributed by atoms with Gasteiger partial charge in [-0.3, -0.25) is 14.6 Å². The third kappa shape index (κ3) is 4.05. The molecule has 2 amide bonds. The second-order valence-electron chi connectivity index (χ2n) is 8.14. The Morgan fingerprint density at radius 1 is 0.967 bits per heavy atom. The first kappa shape index (κ1) is 20.4. The first-order chi connectivity index (χ1) is 14.4. The number of carbonyl (C=O) groups is 2. The van der Waals surface area contributed by atoms with Crippen LogP contribution in [0, 0.1) is 13.8 Å². The lowest BCUT2D eigenvalue weighted by molar-refractivity contribution is 0.0661. The number of carbonyl (C=O) groups excluding carboxylic acids is 2. The van der Waals surface area contributed by atoms with Gasteiger partial charge in [0.25, 0.3) is 11.8 Å². The summed E-state index contributed by atoms with van der Waals surface area (Å²) >= 11 is 0. The van der Waals surface area contributed by atoms with E-state index in [2.05, 4.69) is 26.9 Å². The van der Waals surface area contributed by atoms with Gasteiger partial charge in [-0.1, -0.05) is 0 Å². The molecule has 0 unspecified atom stereocenters. The van der Waals surface area contributed by atoms with Crippen LogP contribution in [0.5, 0.6) is 0 Å². The van der Waals surface area contributed by atoms with Crippen LogP contribution in [0.2, 0.25) is 0 Å². The Balaban J connectivity index is 1.49. The third-order valence-corrected chi connectivity index (χ3v) is 6.01. The minimum Gasteiger partial charge on any atom is -0.336 e. The number of hydrogen-bond donors (Lipinski definition) is 0. The van der Waals surface area contributed by atoms with Gasteiger partial charge in [0.15, 0.2) is 0 Å². The summed E-state index contributed by atoms with van der Waals surface area (Å²) in [5.74, 6) is 0.618. The van der Waals surface area contributed by atoms with E-state index in [1.54, 1.807) is 12.4 Å². The summed E-state index contributed by atoms with van der Waals surface area (Å²) in [7, 11) is 2.07. The number of amides is 2. The fourth-order valence-corrected chi connectivity index (χ4v) is 4.19. The second kappa shape index (κ2) is 8.47. The van der Waals surface area contributed by atoms with Crippen molar-refractivity contribution in [3.63, 3.8) is 0 Å². The Hall–Kier alpha value is -2.87. The van der Waals surface area contributed by atoms with Gasteiger partial charge in [-0.2, -0.15) is 0 Å². The average molecular weight is 409 g/mol. The molecule has 0 bridgehead atoms.